The van der Waals surface area contributed by atoms with E-state index >= 15 is 0 Å². The van der Waals surface area contributed by atoms with E-state index < -0.39 is 0 Å². The highest BCUT2D eigenvalue weighted by Gasteiger charge is 2.21. The maximum Gasteiger partial charge on any atom is 0.223 e. The monoisotopic (exact) mass is 282 g/mol. The van der Waals surface area contributed by atoms with E-state index in [-0.39, 0.29) is 17.9 Å². The first-order chi connectivity index (χ1) is 8.95. The maximum absolute atomic E-state index is 12.1. The predicted octanol–water partition coefficient (Wildman–Crippen LogP) is 3.14. The smallest absolute Gasteiger partial charge is 0.223 e. The van der Waals surface area contributed by atoms with Crippen LogP contribution in [0, 0.1) is 11.8 Å². The van der Waals surface area contributed by atoms with Gasteiger partial charge in [-0.1, -0.05) is 44.5 Å². The number of halogens is 1. The molecule has 4 heteroatoms. The van der Waals surface area contributed by atoms with Crippen LogP contribution >= 0.6 is 11.6 Å². The van der Waals surface area contributed by atoms with E-state index in [0.29, 0.717) is 23.9 Å². The van der Waals surface area contributed by atoms with Crippen LogP contribution in [0.1, 0.15) is 38.8 Å². The highest BCUT2D eigenvalue weighted by atomic mass is 35.5. The highest BCUT2D eigenvalue weighted by Crippen LogP contribution is 2.23. The third-order valence-corrected chi connectivity index (χ3v) is 3.49. The second kappa shape index (κ2) is 7.51. The number of hydrogen-bond donors (Lipinski definition) is 2. The van der Waals surface area contributed by atoms with E-state index in [0.717, 1.165) is 5.56 Å². The molecule has 3 nitrogen and oxygen atoms in total. The Bertz CT molecular complexity index is 403. The minimum atomic E-state index is -0.0569. The fourth-order valence-electron chi connectivity index (χ4n) is 1.98. The molecule has 2 unspecified atom stereocenters. The van der Waals surface area contributed by atoms with Gasteiger partial charge in [-0.05, 0) is 36.6 Å². The number of rotatable bonds is 6. The Morgan fingerprint density at radius 3 is 2.32 bits per heavy atom. The first kappa shape index (κ1) is 16.0. The molecule has 1 rings (SSSR count). The summed E-state index contributed by atoms with van der Waals surface area (Å²) in [6.45, 7) is 6.61. The van der Waals surface area contributed by atoms with Crippen molar-refractivity contribution in [2.45, 2.75) is 33.2 Å². The fourth-order valence-corrected chi connectivity index (χ4v) is 2.11. The van der Waals surface area contributed by atoms with Gasteiger partial charge in [0.1, 0.15) is 0 Å². The van der Waals surface area contributed by atoms with Gasteiger partial charge in [0.2, 0.25) is 5.91 Å². The third kappa shape index (κ3) is 4.84. The molecule has 19 heavy (non-hydrogen) atoms. The van der Waals surface area contributed by atoms with Gasteiger partial charge in [0.15, 0.2) is 0 Å². The average molecular weight is 283 g/mol. The minimum Gasteiger partial charge on any atom is -0.349 e. The Morgan fingerprint density at radius 2 is 1.84 bits per heavy atom. The molecule has 3 N–H and O–H groups in total. The third-order valence-electron chi connectivity index (χ3n) is 3.24. The quantitative estimate of drug-likeness (QED) is 0.842. The molecule has 0 heterocycles. The molecule has 0 radical (unpaired) electrons. The molecule has 1 aromatic rings. The highest BCUT2D eigenvalue weighted by molar-refractivity contribution is 6.30. The Hall–Kier alpha value is -1.06. The van der Waals surface area contributed by atoms with Gasteiger partial charge in [-0.3, -0.25) is 4.79 Å². The van der Waals surface area contributed by atoms with Gasteiger partial charge in [-0.2, -0.15) is 0 Å². The Kier molecular flexibility index (Phi) is 6.32. The zero-order valence-corrected chi connectivity index (χ0v) is 12.6. The van der Waals surface area contributed by atoms with Gasteiger partial charge >= 0.3 is 0 Å². The molecule has 0 aromatic heterocycles. The van der Waals surface area contributed by atoms with Gasteiger partial charge in [0, 0.05) is 10.9 Å². The molecule has 1 aromatic carbocycles. The van der Waals surface area contributed by atoms with Crippen molar-refractivity contribution in [1.82, 2.24) is 5.32 Å². The lowest BCUT2D eigenvalue weighted by molar-refractivity contribution is -0.125. The molecule has 0 bridgehead atoms. The lowest BCUT2D eigenvalue weighted by Crippen LogP contribution is -2.36. The first-order valence-corrected chi connectivity index (χ1v) is 7.09. The zero-order valence-electron chi connectivity index (χ0n) is 11.8. The average Bonchev–Trinajstić information content (AvgIpc) is 2.37. The van der Waals surface area contributed by atoms with Crippen LogP contribution in [-0.2, 0) is 4.79 Å². The predicted molar refractivity (Wildman–Crippen MR) is 80.0 cm³/mol. The number of nitrogens with two attached hydrogens (primary N) is 1. The van der Waals surface area contributed by atoms with E-state index in [4.69, 9.17) is 17.3 Å². The summed E-state index contributed by atoms with van der Waals surface area (Å²) in [6, 6.07) is 7.62. The van der Waals surface area contributed by atoms with E-state index in [1.165, 1.54) is 0 Å². The number of carbonyl (C=O) groups is 1. The molecule has 2 atom stereocenters. The molecule has 0 aliphatic carbocycles. The van der Waals surface area contributed by atoms with E-state index in [2.05, 4.69) is 19.2 Å². The summed E-state index contributed by atoms with van der Waals surface area (Å²) in [6.07, 6.45) is 0.706. The van der Waals surface area contributed by atoms with Crippen molar-refractivity contribution in [2.24, 2.45) is 17.6 Å². The van der Waals surface area contributed by atoms with Crippen molar-refractivity contribution in [3.05, 3.63) is 34.9 Å². The second-order valence-electron chi connectivity index (χ2n) is 5.26. The molecule has 1 amide bonds. The topological polar surface area (TPSA) is 55.1 Å². The largest absolute Gasteiger partial charge is 0.349 e. The summed E-state index contributed by atoms with van der Waals surface area (Å²) in [7, 11) is 0. The minimum absolute atomic E-state index is 0.00462. The number of hydrogen-bond acceptors (Lipinski definition) is 2. The Balaban J connectivity index is 2.79. The summed E-state index contributed by atoms with van der Waals surface area (Å²) >= 11 is 5.89. The van der Waals surface area contributed by atoms with Crippen LogP contribution < -0.4 is 11.1 Å². The number of carbonyl (C=O) groups excluding carboxylic acids is 1. The molecular formula is C15H23ClN2O. The molecule has 0 aliphatic rings. The standard InChI is InChI=1S/C15H23ClN2O/c1-10(2)14(12-4-6-13(16)7-5-12)18-15(19)11(3)8-9-17/h4-7,10-11,14H,8-9,17H2,1-3H3,(H,18,19). The van der Waals surface area contributed by atoms with Crippen LogP contribution in [0.5, 0.6) is 0 Å². The van der Waals surface area contributed by atoms with Crippen LogP contribution in [0.25, 0.3) is 0 Å². The van der Waals surface area contributed by atoms with Gasteiger partial charge in [-0.25, -0.2) is 0 Å². The Labute approximate surface area is 120 Å². The zero-order chi connectivity index (χ0) is 14.4. The van der Waals surface area contributed by atoms with Gasteiger partial charge in [0.25, 0.3) is 0 Å². The van der Waals surface area contributed by atoms with Crippen LogP contribution in [-0.4, -0.2) is 12.5 Å². The summed E-state index contributed by atoms with van der Waals surface area (Å²) in [5.74, 6) is 0.313. The SMILES string of the molecule is CC(CCN)C(=O)NC(c1ccc(Cl)cc1)C(C)C. The second-order valence-corrected chi connectivity index (χ2v) is 5.70. The van der Waals surface area contributed by atoms with Crippen molar-refractivity contribution in [2.75, 3.05) is 6.54 Å². The summed E-state index contributed by atoms with van der Waals surface area (Å²) in [4.78, 5) is 12.1. The fraction of sp³-hybridized carbons (Fsp3) is 0.533. The van der Waals surface area contributed by atoms with Crippen LogP contribution in [0.4, 0.5) is 0 Å². The molecule has 0 saturated heterocycles. The van der Waals surface area contributed by atoms with Crippen molar-refractivity contribution in [3.63, 3.8) is 0 Å². The molecule has 106 valence electrons. The Morgan fingerprint density at radius 1 is 1.26 bits per heavy atom. The van der Waals surface area contributed by atoms with Crippen LogP contribution in [0.3, 0.4) is 0 Å². The molecule has 0 fully saturated rings. The summed E-state index contributed by atoms with van der Waals surface area (Å²) in [5, 5.41) is 3.80. The maximum atomic E-state index is 12.1. The molecule has 0 saturated carbocycles. The lowest BCUT2D eigenvalue weighted by atomic mass is 9.95. The van der Waals surface area contributed by atoms with Crippen molar-refractivity contribution in [1.29, 1.82) is 0 Å². The molecule has 0 aliphatic heterocycles. The van der Waals surface area contributed by atoms with Crippen molar-refractivity contribution < 1.29 is 4.79 Å². The molecule has 0 spiro atoms. The van der Waals surface area contributed by atoms with Gasteiger partial charge in [-0.15, -0.1) is 0 Å². The van der Waals surface area contributed by atoms with E-state index in [9.17, 15) is 4.79 Å². The number of nitrogens with one attached hydrogen (secondary N) is 1. The molecular weight excluding hydrogens is 260 g/mol. The van der Waals surface area contributed by atoms with Crippen molar-refractivity contribution in [3.8, 4) is 0 Å². The summed E-state index contributed by atoms with van der Waals surface area (Å²) in [5.41, 5.74) is 6.57. The first-order valence-electron chi connectivity index (χ1n) is 6.71. The van der Waals surface area contributed by atoms with Crippen LogP contribution in [0.15, 0.2) is 24.3 Å². The normalized spacial score (nSPS) is 14.2. The van der Waals surface area contributed by atoms with E-state index in [1.54, 1.807) is 0 Å². The summed E-state index contributed by atoms with van der Waals surface area (Å²) < 4.78 is 0. The van der Waals surface area contributed by atoms with Gasteiger partial charge < -0.3 is 11.1 Å². The number of amides is 1. The van der Waals surface area contributed by atoms with Gasteiger partial charge in [0.05, 0.1) is 6.04 Å². The number of benzene rings is 1. The lowest BCUT2D eigenvalue weighted by Gasteiger charge is -2.24. The van der Waals surface area contributed by atoms with E-state index in [1.807, 2.05) is 31.2 Å². The van der Waals surface area contributed by atoms with Crippen LogP contribution in [0.2, 0.25) is 5.02 Å². The van der Waals surface area contributed by atoms with Crippen molar-refractivity contribution >= 4 is 17.5 Å².